The van der Waals surface area contributed by atoms with Crippen molar-refractivity contribution in [3.63, 3.8) is 0 Å². The zero-order valence-corrected chi connectivity index (χ0v) is 13.0. The first-order valence-corrected chi connectivity index (χ1v) is 7.67. The lowest BCUT2D eigenvalue weighted by atomic mass is 9.54. The Balaban J connectivity index is 2.10. The Hall–Kier alpha value is -2.17. The summed E-state index contributed by atoms with van der Waals surface area (Å²) in [6, 6.07) is 12.8. The molecule has 23 heavy (non-hydrogen) atoms. The van der Waals surface area contributed by atoms with E-state index in [-0.39, 0.29) is 6.42 Å². The average Bonchev–Trinajstić information content (AvgIpc) is 2.56. The molecule has 0 saturated heterocycles. The molecule has 5 rings (SSSR count). The highest BCUT2D eigenvalue weighted by molar-refractivity contribution is 5.79. The van der Waals surface area contributed by atoms with Gasteiger partial charge in [-0.2, -0.15) is 0 Å². The molecule has 0 amide bonds. The van der Waals surface area contributed by atoms with E-state index in [4.69, 9.17) is 4.74 Å². The van der Waals surface area contributed by atoms with E-state index in [2.05, 4.69) is 0 Å². The molecule has 3 atom stereocenters. The topological polar surface area (TPSA) is 66.8 Å². The van der Waals surface area contributed by atoms with Gasteiger partial charge in [0, 0.05) is 6.42 Å². The first-order valence-electron chi connectivity index (χ1n) is 7.67. The van der Waals surface area contributed by atoms with Crippen LogP contribution >= 0.6 is 0 Å². The third kappa shape index (κ3) is 1.60. The summed E-state index contributed by atoms with van der Waals surface area (Å²) >= 11 is 0. The van der Waals surface area contributed by atoms with Crippen LogP contribution in [0, 0.1) is 12.8 Å². The fraction of sp³-hybridized carbons (Fsp3) is 0.316. The van der Waals surface area contributed by atoms with E-state index in [9.17, 15) is 15.0 Å². The van der Waals surface area contributed by atoms with Crippen molar-refractivity contribution >= 4 is 5.97 Å². The zero-order valence-electron chi connectivity index (χ0n) is 13.0. The normalized spacial score (nSPS) is 30.5. The number of hydrogen-bond donors (Lipinski definition) is 2. The summed E-state index contributed by atoms with van der Waals surface area (Å²) in [7, 11) is 1.31. The summed E-state index contributed by atoms with van der Waals surface area (Å²) in [5.41, 5.74) is 0.754. The molecule has 2 bridgehead atoms. The summed E-state index contributed by atoms with van der Waals surface area (Å²) in [6.45, 7) is 1.94. The lowest BCUT2D eigenvalue weighted by Gasteiger charge is -2.53. The SMILES string of the molecule is COC(=O)C1CC2(O)c3ccccc3C1(O)c1ccc(C)cc12. The van der Waals surface area contributed by atoms with E-state index in [0.717, 1.165) is 5.56 Å². The summed E-state index contributed by atoms with van der Waals surface area (Å²) in [6.07, 6.45) is 0.115. The first-order chi connectivity index (χ1) is 10.9. The third-order valence-corrected chi connectivity index (χ3v) is 5.30. The van der Waals surface area contributed by atoms with E-state index in [1.165, 1.54) is 7.11 Å². The van der Waals surface area contributed by atoms with Crippen LogP contribution in [0.15, 0.2) is 42.5 Å². The highest BCUT2D eigenvalue weighted by atomic mass is 16.5. The van der Waals surface area contributed by atoms with Crippen molar-refractivity contribution in [1.82, 2.24) is 0 Å². The van der Waals surface area contributed by atoms with Crippen molar-refractivity contribution < 1.29 is 19.7 Å². The minimum Gasteiger partial charge on any atom is -0.469 e. The molecular weight excluding hydrogens is 292 g/mol. The number of fused-ring (bicyclic) bond motifs is 1. The van der Waals surface area contributed by atoms with Gasteiger partial charge >= 0.3 is 5.97 Å². The lowest BCUT2D eigenvalue weighted by molar-refractivity contribution is -0.163. The molecule has 4 nitrogen and oxygen atoms in total. The number of carbonyl (C=O) groups excluding carboxylic acids is 1. The molecule has 118 valence electrons. The molecule has 0 heterocycles. The molecule has 0 fully saturated rings. The minimum atomic E-state index is -1.48. The van der Waals surface area contributed by atoms with Gasteiger partial charge in [0.15, 0.2) is 0 Å². The monoisotopic (exact) mass is 310 g/mol. The fourth-order valence-corrected chi connectivity index (χ4v) is 4.23. The Morgan fingerprint density at radius 1 is 1.09 bits per heavy atom. The maximum Gasteiger partial charge on any atom is 0.312 e. The van der Waals surface area contributed by atoms with Crippen LogP contribution in [-0.4, -0.2) is 23.3 Å². The van der Waals surface area contributed by atoms with Crippen molar-refractivity contribution in [3.8, 4) is 0 Å². The second kappa shape index (κ2) is 4.43. The van der Waals surface area contributed by atoms with Crippen LogP contribution in [0.25, 0.3) is 0 Å². The third-order valence-electron chi connectivity index (χ3n) is 5.30. The summed E-state index contributed by atoms with van der Waals surface area (Å²) in [4.78, 5) is 12.3. The van der Waals surface area contributed by atoms with Crippen LogP contribution in [0.5, 0.6) is 0 Å². The predicted octanol–water partition coefficient (Wildman–Crippen LogP) is 1.97. The van der Waals surface area contributed by atoms with Gasteiger partial charge in [-0.15, -0.1) is 0 Å². The second-order valence-electron chi connectivity index (χ2n) is 6.50. The van der Waals surface area contributed by atoms with Crippen molar-refractivity contribution in [1.29, 1.82) is 0 Å². The van der Waals surface area contributed by atoms with Gasteiger partial charge in [-0.3, -0.25) is 4.79 Å². The quantitative estimate of drug-likeness (QED) is 0.790. The van der Waals surface area contributed by atoms with Crippen LogP contribution in [0.4, 0.5) is 0 Å². The van der Waals surface area contributed by atoms with Gasteiger partial charge in [0.05, 0.1) is 13.0 Å². The number of ether oxygens (including phenoxy) is 1. The molecule has 3 unspecified atom stereocenters. The smallest absolute Gasteiger partial charge is 0.312 e. The highest BCUT2D eigenvalue weighted by Gasteiger charge is 2.62. The average molecular weight is 310 g/mol. The molecule has 0 aliphatic heterocycles. The van der Waals surface area contributed by atoms with E-state index in [1.54, 1.807) is 12.1 Å². The van der Waals surface area contributed by atoms with Crippen molar-refractivity contribution in [3.05, 3.63) is 70.3 Å². The number of methoxy groups -OCH3 is 1. The fourth-order valence-electron chi connectivity index (χ4n) is 4.23. The molecule has 0 aromatic heterocycles. The Labute approximate surface area is 134 Å². The van der Waals surface area contributed by atoms with Crippen molar-refractivity contribution in [2.75, 3.05) is 7.11 Å². The molecule has 2 N–H and O–H groups in total. The van der Waals surface area contributed by atoms with Gasteiger partial charge in [-0.1, -0.05) is 48.0 Å². The number of rotatable bonds is 1. The maximum atomic E-state index is 12.3. The maximum absolute atomic E-state index is 12.3. The predicted molar refractivity (Wildman–Crippen MR) is 83.7 cm³/mol. The molecule has 0 spiro atoms. The number of hydrogen-bond acceptors (Lipinski definition) is 4. The Morgan fingerprint density at radius 2 is 1.74 bits per heavy atom. The Morgan fingerprint density at radius 3 is 2.43 bits per heavy atom. The zero-order chi connectivity index (χ0) is 16.4. The van der Waals surface area contributed by atoms with Gasteiger partial charge < -0.3 is 14.9 Å². The van der Waals surface area contributed by atoms with Crippen molar-refractivity contribution in [2.24, 2.45) is 5.92 Å². The summed E-state index contributed by atoms with van der Waals surface area (Å²) < 4.78 is 4.90. The molecule has 2 aromatic carbocycles. The van der Waals surface area contributed by atoms with Gasteiger partial charge in [-0.25, -0.2) is 0 Å². The first kappa shape index (κ1) is 14.4. The van der Waals surface area contributed by atoms with E-state index < -0.39 is 23.1 Å². The number of benzene rings is 2. The largest absolute Gasteiger partial charge is 0.469 e. The highest BCUT2D eigenvalue weighted by Crippen LogP contribution is 2.59. The van der Waals surface area contributed by atoms with E-state index in [0.29, 0.717) is 22.3 Å². The van der Waals surface area contributed by atoms with E-state index in [1.807, 2.05) is 37.3 Å². The number of aliphatic hydroxyl groups is 2. The molecule has 3 aliphatic rings. The van der Waals surface area contributed by atoms with Gasteiger partial charge in [-0.05, 0) is 29.2 Å². The Kier molecular flexibility index (Phi) is 2.78. The molecule has 2 aromatic rings. The molecule has 0 radical (unpaired) electrons. The number of carbonyl (C=O) groups is 1. The van der Waals surface area contributed by atoms with Crippen LogP contribution in [0.3, 0.4) is 0 Å². The van der Waals surface area contributed by atoms with Crippen molar-refractivity contribution in [2.45, 2.75) is 24.5 Å². The van der Waals surface area contributed by atoms with Gasteiger partial charge in [0.25, 0.3) is 0 Å². The van der Waals surface area contributed by atoms with Crippen LogP contribution in [0.1, 0.15) is 34.2 Å². The van der Waals surface area contributed by atoms with E-state index >= 15 is 0 Å². The summed E-state index contributed by atoms with van der Waals surface area (Å²) in [5.74, 6) is -1.34. The molecule has 0 saturated carbocycles. The Bertz CT molecular complexity index is 828. The summed E-state index contributed by atoms with van der Waals surface area (Å²) in [5, 5.41) is 23.0. The van der Waals surface area contributed by atoms with Crippen LogP contribution in [-0.2, 0) is 20.7 Å². The van der Waals surface area contributed by atoms with Gasteiger partial charge in [0.1, 0.15) is 11.2 Å². The van der Waals surface area contributed by atoms with Crippen LogP contribution < -0.4 is 0 Å². The number of aryl methyl sites for hydroxylation is 1. The lowest BCUT2D eigenvalue weighted by Crippen LogP contribution is -2.57. The standard InChI is InChI=1S/C19H18O4/c1-11-7-8-14-15(9-11)18(21)10-16(17(20)23-2)19(14,22)13-6-4-3-5-12(13)18/h3-9,16,21-22H,10H2,1-2H3. The molecular formula is C19H18O4. The van der Waals surface area contributed by atoms with Crippen LogP contribution in [0.2, 0.25) is 0 Å². The minimum absolute atomic E-state index is 0.115. The van der Waals surface area contributed by atoms with Gasteiger partial charge in [0.2, 0.25) is 0 Å². The molecule has 4 heteroatoms. The second-order valence-corrected chi connectivity index (χ2v) is 6.50. The number of esters is 1. The molecule has 3 aliphatic carbocycles.